The van der Waals surface area contributed by atoms with Crippen LogP contribution >= 0.6 is 0 Å². The smallest absolute Gasteiger partial charge is 0.125 e. The molecule has 0 amide bonds. The van der Waals surface area contributed by atoms with E-state index in [1.165, 1.54) is 7.11 Å². The highest BCUT2D eigenvalue weighted by molar-refractivity contribution is 5.47. The third kappa shape index (κ3) is 2.61. The molecule has 1 unspecified atom stereocenters. The summed E-state index contributed by atoms with van der Waals surface area (Å²) in [5.41, 5.74) is 1.32. The van der Waals surface area contributed by atoms with Crippen LogP contribution in [0.2, 0.25) is 0 Å². The van der Waals surface area contributed by atoms with E-state index >= 15 is 0 Å². The Bertz CT molecular complexity index is 339. The fraction of sp³-hybridized carbons (Fsp3) is 0.455. The molecular weight excluding hydrogens is 194 g/mol. The summed E-state index contributed by atoms with van der Waals surface area (Å²) in [5, 5.41) is 22.2. The van der Waals surface area contributed by atoms with Crippen molar-refractivity contribution in [1.29, 1.82) is 0 Å². The molecule has 0 aliphatic rings. The van der Waals surface area contributed by atoms with E-state index in [0.29, 0.717) is 23.4 Å². The summed E-state index contributed by atoms with van der Waals surface area (Å²) in [4.78, 5) is 0. The van der Waals surface area contributed by atoms with Crippen molar-refractivity contribution in [2.24, 2.45) is 0 Å². The summed E-state index contributed by atoms with van der Waals surface area (Å²) in [6.07, 6.45) is -0.643. The van der Waals surface area contributed by atoms with Gasteiger partial charge < -0.3 is 20.3 Å². The van der Waals surface area contributed by atoms with Gasteiger partial charge in [-0.15, -0.1) is 0 Å². The summed E-state index contributed by atoms with van der Waals surface area (Å²) < 4.78 is 5.10. The number of nitrogens with one attached hydrogen (secondary N) is 1. The van der Waals surface area contributed by atoms with Crippen LogP contribution in [0.1, 0.15) is 17.2 Å². The molecule has 0 aliphatic carbocycles. The number of benzene rings is 1. The van der Waals surface area contributed by atoms with Crippen LogP contribution in [0.25, 0.3) is 0 Å². The van der Waals surface area contributed by atoms with Gasteiger partial charge in [-0.1, -0.05) is 0 Å². The molecule has 1 aromatic carbocycles. The number of phenolic OH excluding ortho intramolecular Hbond substituents is 1. The maximum atomic E-state index is 9.73. The van der Waals surface area contributed by atoms with E-state index in [4.69, 9.17) is 4.74 Å². The molecule has 0 aromatic heterocycles. The average Bonchev–Trinajstić information content (AvgIpc) is 2.22. The van der Waals surface area contributed by atoms with Gasteiger partial charge in [-0.25, -0.2) is 0 Å². The third-order valence-electron chi connectivity index (χ3n) is 2.36. The van der Waals surface area contributed by atoms with Crippen molar-refractivity contribution in [3.63, 3.8) is 0 Å². The van der Waals surface area contributed by atoms with E-state index in [2.05, 4.69) is 5.32 Å². The van der Waals surface area contributed by atoms with Crippen molar-refractivity contribution in [2.45, 2.75) is 13.0 Å². The lowest BCUT2D eigenvalue weighted by Gasteiger charge is -2.14. The van der Waals surface area contributed by atoms with Crippen LogP contribution in [-0.2, 0) is 0 Å². The Hall–Kier alpha value is -1.26. The molecule has 4 heteroatoms. The van der Waals surface area contributed by atoms with E-state index < -0.39 is 6.10 Å². The van der Waals surface area contributed by atoms with Gasteiger partial charge in [0, 0.05) is 12.1 Å². The molecule has 0 spiro atoms. The van der Waals surface area contributed by atoms with Crippen molar-refractivity contribution in [3.8, 4) is 11.5 Å². The highest BCUT2D eigenvalue weighted by atomic mass is 16.5. The predicted molar refractivity (Wildman–Crippen MR) is 58.3 cm³/mol. The van der Waals surface area contributed by atoms with Gasteiger partial charge in [-0.05, 0) is 31.7 Å². The number of aliphatic hydroxyl groups is 1. The first-order valence-electron chi connectivity index (χ1n) is 4.80. The molecule has 1 aromatic rings. The number of methoxy groups -OCH3 is 1. The standard InChI is InChI=1S/C11H17NO3/c1-7-9(13)4-8(5-11(7)15-3)10(14)6-12-2/h4-5,10,12-14H,6H2,1-3H3. The Balaban J connectivity index is 3.05. The molecule has 0 heterocycles. The van der Waals surface area contributed by atoms with Gasteiger partial charge >= 0.3 is 0 Å². The van der Waals surface area contributed by atoms with Gasteiger partial charge in [-0.2, -0.15) is 0 Å². The molecule has 15 heavy (non-hydrogen) atoms. The van der Waals surface area contributed by atoms with Crippen molar-refractivity contribution in [2.75, 3.05) is 20.7 Å². The molecule has 4 nitrogen and oxygen atoms in total. The molecule has 3 N–H and O–H groups in total. The predicted octanol–water partition coefficient (Wildman–Crippen LogP) is 0.962. The molecule has 0 aliphatic heterocycles. The van der Waals surface area contributed by atoms with Crippen LogP contribution in [0.5, 0.6) is 11.5 Å². The Morgan fingerprint density at radius 3 is 2.67 bits per heavy atom. The third-order valence-corrected chi connectivity index (χ3v) is 2.36. The number of ether oxygens (including phenoxy) is 1. The molecule has 0 radical (unpaired) electrons. The van der Waals surface area contributed by atoms with Crippen LogP contribution in [-0.4, -0.2) is 30.9 Å². The maximum Gasteiger partial charge on any atom is 0.125 e. The van der Waals surface area contributed by atoms with E-state index in [0.717, 1.165) is 0 Å². The SMILES string of the molecule is CNCC(O)c1cc(O)c(C)c(OC)c1. The minimum Gasteiger partial charge on any atom is -0.508 e. The lowest BCUT2D eigenvalue weighted by atomic mass is 10.1. The van der Waals surface area contributed by atoms with Crippen LogP contribution in [0.3, 0.4) is 0 Å². The van der Waals surface area contributed by atoms with E-state index in [1.54, 1.807) is 26.1 Å². The maximum absolute atomic E-state index is 9.73. The van der Waals surface area contributed by atoms with Gasteiger partial charge in [0.15, 0.2) is 0 Å². The summed E-state index contributed by atoms with van der Waals surface area (Å²) in [7, 11) is 3.30. The molecular formula is C11H17NO3. The fourth-order valence-corrected chi connectivity index (χ4v) is 1.41. The van der Waals surface area contributed by atoms with E-state index in [9.17, 15) is 10.2 Å². The Morgan fingerprint density at radius 1 is 1.47 bits per heavy atom. The van der Waals surface area contributed by atoms with Crippen LogP contribution in [0, 0.1) is 6.92 Å². The largest absolute Gasteiger partial charge is 0.508 e. The Labute approximate surface area is 89.5 Å². The molecule has 84 valence electrons. The van der Waals surface area contributed by atoms with Gasteiger partial charge in [0.2, 0.25) is 0 Å². The van der Waals surface area contributed by atoms with Crippen LogP contribution in [0.15, 0.2) is 12.1 Å². The first-order chi connectivity index (χ1) is 7.10. The summed E-state index contributed by atoms with van der Waals surface area (Å²) >= 11 is 0. The van der Waals surface area contributed by atoms with E-state index in [1.807, 2.05) is 0 Å². The summed E-state index contributed by atoms with van der Waals surface area (Å²) in [6, 6.07) is 3.29. The molecule has 0 bridgehead atoms. The quantitative estimate of drug-likeness (QED) is 0.694. The second-order valence-corrected chi connectivity index (χ2v) is 3.44. The number of likely N-dealkylation sites (N-methyl/N-ethyl adjacent to an activating group) is 1. The van der Waals surface area contributed by atoms with E-state index in [-0.39, 0.29) is 5.75 Å². The topological polar surface area (TPSA) is 61.7 Å². The number of hydrogen-bond donors (Lipinski definition) is 3. The molecule has 0 saturated carbocycles. The van der Waals surface area contributed by atoms with Crippen molar-refractivity contribution in [3.05, 3.63) is 23.3 Å². The highest BCUT2D eigenvalue weighted by Crippen LogP contribution is 2.30. The normalized spacial score (nSPS) is 12.5. The van der Waals surface area contributed by atoms with Crippen LogP contribution in [0.4, 0.5) is 0 Å². The Kier molecular flexibility index (Phi) is 3.94. The number of phenols is 1. The zero-order valence-corrected chi connectivity index (χ0v) is 9.24. The number of aromatic hydroxyl groups is 1. The number of aliphatic hydroxyl groups excluding tert-OH is 1. The van der Waals surface area contributed by atoms with Gasteiger partial charge in [0.1, 0.15) is 11.5 Å². The van der Waals surface area contributed by atoms with Crippen molar-refractivity contribution < 1.29 is 14.9 Å². The monoisotopic (exact) mass is 211 g/mol. The zero-order valence-electron chi connectivity index (χ0n) is 9.24. The molecule has 1 rings (SSSR count). The summed E-state index contributed by atoms with van der Waals surface area (Å²) in [5.74, 6) is 0.722. The first-order valence-corrected chi connectivity index (χ1v) is 4.80. The number of rotatable bonds is 4. The lowest BCUT2D eigenvalue weighted by molar-refractivity contribution is 0.177. The molecule has 0 fully saturated rings. The Morgan fingerprint density at radius 2 is 2.13 bits per heavy atom. The minimum atomic E-state index is -0.643. The van der Waals surface area contributed by atoms with Gasteiger partial charge in [0.25, 0.3) is 0 Å². The lowest BCUT2D eigenvalue weighted by Crippen LogP contribution is -2.16. The number of hydrogen-bond acceptors (Lipinski definition) is 4. The first kappa shape index (κ1) is 11.8. The molecule has 1 atom stereocenters. The highest BCUT2D eigenvalue weighted by Gasteiger charge is 2.12. The van der Waals surface area contributed by atoms with Gasteiger partial charge in [0.05, 0.1) is 13.2 Å². The second-order valence-electron chi connectivity index (χ2n) is 3.44. The molecule has 0 saturated heterocycles. The fourth-order valence-electron chi connectivity index (χ4n) is 1.41. The second kappa shape index (κ2) is 5.00. The van der Waals surface area contributed by atoms with Crippen molar-refractivity contribution in [1.82, 2.24) is 5.32 Å². The average molecular weight is 211 g/mol. The van der Waals surface area contributed by atoms with Crippen molar-refractivity contribution >= 4 is 0 Å². The minimum absolute atomic E-state index is 0.138. The zero-order chi connectivity index (χ0) is 11.4. The van der Waals surface area contributed by atoms with Gasteiger partial charge in [-0.3, -0.25) is 0 Å². The van der Waals surface area contributed by atoms with Crippen LogP contribution < -0.4 is 10.1 Å². The summed E-state index contributed by atoms with van der Waals surface area (Å²) in [6.45, 7) is 2.20.